The van der Waals surface area contributed by atoms with Gasteiger partial charge in [0.05, 0.1) is 22.8 Å². The fourth-order valence-electron chi connectivity index (χ4n) is 3.94. The van der Waals surface area contributed by atoms with Crippen LogP contribution >= 0.6 is 11.6 Å². The van der Waals surface area contributed by atoms with Gasteiger partial charge in [0.2, 0.25) is 0 Å². The molecular formula is C26H25ClN2O2. The van der Waals surface area contributed by atoms with Crippen LogP contribution in [0.1, 0.15) is 40.9 Å². The van der Waals surface area contributed by atoms with Crippen molar-refractivity contribution in [1.29, 1.82) is 0 Å². The zero-order valence-corrected chi connectivity index (χ0v) is 19.1. The maximum absolute atomic E-state index is 13.3. The largest absolute Gasteiger partial charge is 0.455 e. The molecule has 2 aromatic carbocycles. The normalized spacial score (nSPS) is 12.2. The van der Waals surface area contributed by atoms with Gasteiger partial charge in [-0.25, -0.2) is 4.98 Å². The van der Waals surface area contributed by atoms with E-state index in [1.54, 1.807) is 6.07 Å². The Bertz CT molecular complexity index is 1360. The van der Waals surface area contributed by atoms with Gasteiger partial charge in [0, 0.05) is 16.7 Å². The lowest BCUT2D eigenvalue weighted by Gasteiger charge is -2.19. The van der Waals surface area contributed by atoms with Gasteiger partial charge in [-0.15, -0.1) is 0 Å². The maximum atomic E-state index is 13.3. The first kappa shape index (κ1) is 21.1. The van der Waals surface area contributed by atoms with Gasteiger partial charge >= 0.3 is 0 Å². The van der Waals surface area contributed by atoms with Crippen LogP contribution in [-0.4, -0.2) is 4.98 Å². The van der Waals surface area contributed by atoms with Gasteiger partial charge < -0.3 is 9.73 Å². The molecule has 1 unspecified atom stereocenters. The van der Waals surface area contributed by atoms with Crippen molar-refractivity contribution in [2.24, 2.45) is 0 Å². The number of hydrogen-bond donors (Lipinski definition) is 1. The van der Waals surface area contributed by atoms with Gasteiger partial charge in [0.25, 0.3) is 0 Å². The molecule has 158 valence electrons. The molecule has 0 spiro atoms. The Balaban J connectivity index is 1.89. The molecule has 4 nitrogen and oxygen atoms in total. The molecule has 0 saturated heterocycles. The Labute approximate surface area is 186 Å². The Hall–Kier alpha value is -3.11. The summed E-state index contributed by atoms with van der Waals surface area (Å²) in [5, 5.41) is 4.55. The number of aryl methyl sites for hydroxylation is 3. The highest BCUT2D eigenvalue weighted by molar-refractivity contribution is 6.29. The van der Waals surface area contributed by atoms with Crippen LogP contribution < -0.4 is 10.7 Å². The van der Waals surface area contributed by atoms with Crippen molar-refractivity contribution in [1.82, 2.24) is 4.98 Å². The van der Waals surface area contributed by atoms with Gasteiger partial charge in [0.1, 0.15) is 16.5 Å². The Morgan fingerprint density at radius 2 is 1.77 bits per heavy atom. The van der Waals surface area contributed by atoms with Gasteiger partial charge in [-0.1, -0.05) is 41.4 Å². The van der Waals surface area contributed by atoms with Crippen molar-refractivity contribution >= 4 is 28.3 Å². The number of pyridine rings is 1. The molecule has 5 heteroatoms. The van der Waals surface area contributed by atoms with E-state index in [-0.39, 0.29) is 11.5 Å². The molecule has 4 aromatic rings. The average molecular weight is 433 g/mol. The molecule has 1 N–H and O–H groups in total. The molecule has 0 aliphatic heterocycles. The highest BCUT2D eigenvalue weighted by Gasteiger charge is 2.19. The summed E-state index contributed by atoms with van der Waals surface area (Å²) in [7, 11) is 0. The molecule has 0 bridgehead atoms. The topological polar surface area (TPSA) is 55.1 Å². The SMILES string of the molecule is Cc1cccc(-c2oc3c(C(C)Nc4ccc(Cl)nc4C)cc(C)cc3c(=O)c2C)c1. The van der Waals surface area contributed by atoms with Crippen molar-refractivity contribution < 1.29 is 4.42 Å². The summed E-state index contributed by atoms with van der Waals surface area (Å²) < 4.78 is 6.43. The summed E-state index contributed by atoms with van der Waals surface area (Å²) in [6.45, 7) is 9.81. The van der Waals surface area contributed by atoms with Gasteiger partial charge in [-0.3, -0.25) is 4.79 Å². The first-order chi connectivity index (χ1) is 14.7. The van der Waals surface area contributed by atoms with E-state index in [1.807, 2.05) is 64.1 Å². The molecule has 1 atom stereocenters. The number of halogens is 1. The third-order valence-electron chi connectivity index (χ3n) is 5.56. The summed E-state index contributed by atoms with van der Waals surface area (Å²) in [5.41, 5.74) is 6.89. The molecule has 0 amide bonds. The zero-order valence-electron chi connectivity index (χ0n) is 18.3. The highest BCUT2D eigenvalue weighted by Crippen LogP contribution is 2.32. The molecule has 2 aromatic heterocycles. The van der Waals surface area contributed by atoms with E-state index in [9.17, 15) is 4.79 Å². The van der Waals surface area contributed by atoms with Crippen LogP contribution in [0.3, 0.4) is 0 Å². The van der Waals surface area contributed by atoms with E-state index in [0.29, 0.717) is 27.4 Å². The van der Waals surface area contributed by atoms with Crippen LogP contribution in [0.2, 0.25) is 5.15 Å². The molecule has 0 aliphatic carbocycles. The van der Waals surface area contributed by atoms with Crippen LogP contribution in [0, 0.1) is 27.7 Å². The van der Waals surface area contributed by atoms with Crippen molar-refractivity contribution in [3.63, 3.8) is 0 Å². The monoisotopic (exact) mass is 432 g/mol. The summed E-state index contributed by atoms with van der Waals surface area (Å²) >= 11 is 6.00. The average Bonchev–Trinajstić information content (AvgIpc) is 2.72. The predicted molar refractivity (Wildman–Crippen MR) is 128 cm³/mol. The molecule has 0 saturated carbocycles. The molecule has 0 radical (unpaired) electrons. The van der Waals surface area contributed by atoms with Gasteiger partial charge in [-0.2, -0.15) is 0 Å². The number of aromatic nitrogens is 1. The van der Waals surface area contributed by atoms with Crippen LogP contribution in [0.4, 0.5) is 5.69 Å². The summed E-state index contributed by atoms with van der Waals surface area (Å²) in [6.07, 6.45) is 0. The summed E-state index contributed by atoms with van der Waals surface area (Å²) in [5.74, 6) is 0.614. The first-order valence-electron chi connectivity index (χ1n) is 10.3. The number of benzene rings is 2. The van der Waals surface area contributed by atoms with E-state index in [1.165, 1.54) is 0 Å². The first-order valence-corrected chi connectivity index (χ1v) is 10.7. The van der Waals surface area contributed by atoms with E-state index >= 15 is 0 Å². The maximum Gasteiger partial charge on any atom is 0.196 e. The van der Waals surface area contributed by atoms with Gasteiger partial charge in [0.15, 0.2) is 5.43 Å². The fraction of sp³-hybridized carbons (Fsp3) is 0.231. The minimum absolute atomic E-state index is 0.000698. The van der Waals surface area contributed by atoms with Crippen molar-refractivity contribution in [2.75, 3.05) is 5.32 Å². The lowest BCUT2D eigenvalue weighted by Crippen LogP contribution is -2.13. The smallest absolute Gasteiger partial charge is 0.196 e. The Morgan fingerprint density at radius 1 is 1.00 bits per heavy atom. The lowest BCUT2D eigenvalue weighted by molar-refractivity contribution is 0.605. The molecule has 4 rings (SSSR count). The number of anilines is 1. The van der Waals surface area contributed by atoms with E-state index in [2.05, 4.69) is 23.3 Å². The van der Waals surface area contributed by atoms with Crippen molar-refractivity contribution in [3.05, 3.63) is 91.9 Å². The number of hydrogen-bond acceptors (Lipinski definition) is 4. The number of rotatable bonds is 4. The fourth-order valence-corrected chi connectivity index (χ4v) is 4.13. The highest BCUT2D eigenvalue weighted by atomic mass is 35.5. The minimum Gasteiger partial charge on any atom is -0.455 e. The molecule has 31 heavy (non-hydrogen) atoms. The second-order valence-electron chi connectivity index (χ2n) is 8.12. The lowest BCUT2D eigenvalue weighted by atomic mass is 9.98. The van der Waals surface area contributed by atoms with Crippen LogP contribution in [0.15, 0.2) is 57.7 Å². The van der Waals surface area contributed by atoms with Crippen molar-refractivity contribution in [3.8, 4) is 11.3 Å². The molecule has 2 heterocycles. The predicted octanol–water partition coefficient (Wildman–Crippen LogP) is 6.92. The summed E-state index contributed by atoms with van der Waals surface area (Å²) in [4.78, 5) is 17.6. The van der Waals surface area contributed by atoms with Gasteiger partial charge in [-0.05, 0) is 64.4 Å². The Morgan fingerprint density at radius 3 is 2.48 bits per heavy atom. The summed E-state index contributed by atoms with van der Waals surface area (Å²) in [6, 6.07) is 15.6. The number of nitrogens with zero attached hydrogens (tertiary/aromatic N) is 1. The third kappa shape index (κ3) is 4.08. The van der Waals surface area contributed by atoms with Crippen LogP contribution in [0.25, 0.3) is 22.3 Å². The second kappa shape index (κ2) is 8.20. The Kier molecular flexibility index (Phi) is 5.59. The van der Waals surface area contributed by atoms with Crippen LogP contribution in [-0.2, 0) is 0 Å². The molecule has 0 fully saturated rings. The van der Waals surface area contributed by atoms with Crippen LogP contribution in [0.5, 0.6) is 0 Å². The van der Waals surface area contributed by atoms with E-state index in [0.717, 1.165) is 33.6 Å². The van der Waals surface area contributed by atoms with E-state index < -0.39 is 0 Å². The zero-order chi connectivity index (χ0) is 22.3. The van der Waals surface area contributed by atoms with Crippen molar-refractivity contribution in [2.45, 2.75) is 40.7 Å². The standard InChI is InChI=1S/C26H25ClN2O2/c1-14-7-6-8-19(11-14)25-16(3)24(30)21-13-15(2)12-20(26(21)31-25)17(4)28-22-9-10-23(27)29-18(22)5/h6-13,17,28H,1-5H3. The minimum atomic E-state index is -0.111. The third-order valence-corrected chi connectivity index (χ3v) is 5.77. The second-order valence-corrected chi connectivity index (χ2v) is 8.51. The van der Waals surface area contributed by atoms with E-state index in [4.69, 9.17) is 16.0 Å². The molecule has 0 aliphatic rings. The number of fused-ring (bicyclic) bond motifs is 1. The quantitative estimate of drug-likeness (QED) is 0.356. The number of nitrogens with one attached hydrogen (secondary N) is 1. The molecular weight excluding hydrogens is 408 g/mol.